The van der Waals surface area contributed by atoms with E-state index in [1.807, 2.05) is 19.1 Å². The lowest BCUT2D eigenvalue weighted by molar-refractivity contribution is -0.151. The smallest absolute Gasteiger partial charge is 0.272 e. The van der Waals surface area contributed by atoms with Crippen LogP contribution >= 0.6 is 0 Å². The monoisotopic (exact) mass is 335 g/mol. The minimum absolute atomic E-state index is 0.0611. The Morgan fingerprint density at radius 2 is 2.12 bits per heavy atom. The van der Waals surface area contributed by atoms with E-state index in [1.165, 1.54) is 5.48 Å². The summed E-state index contributed by atoms with van der Waals surface area (Å²) in [6.07, 6.45) is 5.54. The molecule has 24 heavy (non-hydrogen) atoms. The van der Waals surface area contributed by atoms with Crippen LogP contribution in [-0.4, -0.2) is 44.7 Å². The Morgan fingerprint density at radius 1 is 1.42 bits per heavy atom. The highest BCUT2D eigenvalue weighted by atomic mass is 16.5. The van der Waals surface area contributed by atoms with Gasteiger partial charge in [0.1, 0.15) is 6.10 Å². The molecule has 1 fully saturated rings. The van der Waals surface area contributed by atoms with Crippen molar-refractivity contribution in [2.45, 2.75) is 51.2 Å². The minimum atomic E-state index is -1.55. The number of nitrogens with one attached hydrogen (secondary N) is 1. The fourth-order valence-corrected chi connectivity index (χ4v) is 3.26. The van der Waals surface area contributed by atoms with Gasteiger partial charge >= 0.3 is 0 Å². The molecule has 3 atom stereocenters. The molecule has 0 bridgehead atoms. The summed E-state index contributed by atoms with van der Waals surface area (Å²) >= 11 is 0. The molecule has 1 aromatic rings. The van der Waals surface area contributed by atoms with Gasteiger partial charge < -0.3 is 10.0 Å². The first kappa shape index (κ1) is 18.4. The molecule has 3 N–H and O–H groups in total. The number of carbonyl (C=O) groups excluding carboxylic acids is 2. The third-order valence-electron chi connectivity index (χ3n) is 4.57. The number of pyridine rings is 1. The van der Waals surface area contributed by atoms with Crippen LogP contribution in [0.15, 0.2) is 24.5 Å². The molecule has 0 radical (unpaired) electrons. The van der Waals surface area contributed by atoms with Crippen molar-refractivity contribution in [2.75, 3.05) is 6.54 Å². The summed E-state index contributed by atoms with van der Waals surface area (Å²) in [6.45, 7) is 2.58. The fourth-order valence-electron chi connectivity index (χ4n) is 3.26. The van der Waals surface area contributed by atoms with Gasteiger partial charge in [-0.25, -0.2) is 5.48 Å². The van der Waals surface area contributed by atoms with E-state index in [1.54, 1.807) is 17.3 Å². The number of hydrogen-bond acceptors (Lipinski definition) is 5. The van der Waals surface area contributed by atoms with E-state index < -0.39 is 17.9 Å². The van der Waals surface area contributed by atoms with Gasteiger partial charge in [0.05, 0.1) is 12.0 Å². The third-order valence-corrected chi connectivity index (χ3v) is 4.57. The number of aromatic nitrogens is 1. The van der Waals surface area contributed by atoms with Crippen LogP contribution in [0.3, 0.4) is 0 Å². The first-order valence-electron chi connectivity index (χ1n) is 8.42. The quantitative estimate of drug-likeness (QED) is 0.516. The van der Waals surface area contributed by atoms with Crippen LogP contribution in [0.1, 0.15) is 50.6 Å². The number of hydrogen-bond donors (Lipinski definition) is 3. The number of unbranched alkanes of at least 4 members (excludes halogenated alkanes) is 1. The fraction of sp³-hybridized carbons (Fsp3) is 0.588. The van der Waals surface area contributed by atoms with Crippen molar-refractivity contribution in [1.82, 2.24) is 15.4 Å². The van der Waals surface area contributed by atoms with Crippen LogP contribution in [0.5, 0.6) is 0 Å². The van der Waals surface area contributed by atoms with Gasteiger partial charge in [-0.15, -0.1) is 0 Å². The van der Waals surface area contributed by atoms with Crippen LogP contribution < -0.4 is 5.48 Å². The summed E-state index contributed by atoms with van der Waals surface area (Å²) in [5.41, 5.74) is 2.45. The molecule has 7 nitrogen and oxygen atoms in total. The zero-order valence-electron chi connectivity index (χ0n) is 13.9. The second-order valence-corrected chi connectivity index (χ2v) is 6.14. The van der Waals surface area contributed by atoms with Crippen LogP contribution in [0.4, 0.5) is 0 Å². The molecule has 2 rings (SSSR count). The standard InChI is InChI=1S/C17H25N3O4/c1-2-3-5-13(15(21)16(22)19-24)17(23)20-11-4-6-14(20)12-7-9-18-10-8-12/h7-10,13-15,21,24H,2-6,11H2,1H3,(H,19,22)/t13-,14?,15+/m1/s1. The van der Waals surface area contributed by atoms with E-state index in [4.69, 9.17) is 5.21 Å². The first-order chi connectivity index (χ1) is 11.6. The average molecular weight is 335 g/mol. The number of carbonyl (C=O) groups is 2. The highest BCUT2D eigenvalue weighted by molar-refractivity contribution is 5.89. The van der Waals surface area contributed by atoms with Gasteiger partial charge in [0.25, 0.3) is 5.91 Å². The van der Waals surface area contributed by atoms with E-state index in [0.29, 0.717) is 13.0 Å². The number of hydroxylamine groups is 1. The Morgan fingerprint density at radius 3 is 2.75 bits per heavy atom. The third kappa shape index (κ3) is 4.10. The molecule has 2 heterocycles. The Kier molecular flexibility index (Phi) is 6.69. The molecule has 2 amide bonds. The zero-order chi connectivity index (χ0) is 17.5. The summed E-state index contributed by atoms with van der Waals surface area (Å²) < 4.78 is 0. The van der Waals surface area contributed by atoms with Crippen molar-refractivity contribution in [3.63, 3.8) is 0 Å². The number of aliphatic hydroxyl groups is 1. The van der Waals surface area contributed by atoms with E-state index in [2.05, 4.69) is 4.98 Å². The van der Waals surface area contributed by atoms with Gasteiger partial charge in [-0.1, -0.05) is 19.8 Å². The maximum atomic E-state index is 13.0. The lowest BCUT2D eigenvalue weighted by Gasteiger charge is -2.30. The molecular formula is C17H25N3O4. The van der Waals surface area contributed by atoms with Crippen molar-refractivity contribution in [2.24, 2.45) is 5.92 Å². The number of rotatable bonds is 7. The van der Waals surface area contributed by atoms with Gasteiger partial charge in [0.15, 0.2) is 0 Å². The molecule has 1 aromatic heterocycles. The molecule has 1 aliphatic rings. The molecule has 7 heteroatoms. The van der Waals surface area contributed by atoms with E-state index in [9.17, 15) is 14.7 Å². The van der Waals surface area contributed by atoms with Gasteiger partial charge in [-0.3, -0.25) is 19.8 Å². The lowest BCUT2D eigenvalue weighted by Crippen LogP contribution is -2.46. The van der Waals surface area contributed by atoms with Gasteiger partial charge in [-0.05, 0) is 37.0 Å². The highest BCUT2D eigenvalue weighted by Crippen LogP contribution is 2.34. The van der Waals surface area contributed by atoms with Crippen molar-refractivity contribution >= 4 is 11.8 Å². The molecule has 0 saturated carbocycles. The molecule has 0 aromatic carbocycles. The zero-order valence-corrected chi connectivity index (χ0v) is 13.9. The highest BCUT2D eigenvalue weighted by Gasteiger charge is 2.38. The van der Waals surface area contributed by atoms with E-state index >= 15 is 0 Å². The lowest BCUT2D eigenvalue weighted by atomic mass is 9.93. The number of aliphatic hydroxyl groups excluding tert-OH is 1. The predicted molar refractivity (Wildman–Crippen MR) is 86.9 cm³/mol. The summed E-state index contributed by atoms with van der Waals surface area (Å²) in [7, 11) is 0. The van der Waals surface area contributed by atoms with E-state index in [0.717, 1.165) is 31.2 Å². The van der Waals surface area contributed by atoms with Crippen LogP contribution in [0.2, 0.25) is 0 Å². The van der Waals surface area contributed by atoms with Gasteiger partial charge in [0.2, 0.25) is 5.91 Å². The second kappa shape index (κ2) is 8.75. The van der Waals surface area contributed by atoms with Gasteiger partial charge in [-0.2, -0.15) is 0 Å². The van der Waals surface area contributed by atoms with Crippen molar-refractivity contribution in [1.29, 1.82) is 0 Å². The van der Waals surface area contributed by atoms with Crippen molar-refractivity contribution in [3.05, 3.63) is 30.1 Å². The Labute approximate surface area is 141 Å². The summed E-state index contributed by atoms with van der Waals surface area (Å²) in [6, 6.07) is 3.71. The van der Waals surface area contributed by atoms with Gasteiger partial charge in [0, 0.05) is 18.9 Å². The normalized spacial score (nSPS) is 19.8. The maximum Gasteiger partial charge on any atom is 0.272 e. The van der Waals surface area contributed by atoms with E-state index in [-0.39, 0.29) is 11.9 Å². The van der Waals surface area contributed by atoms with Crippen LogP contribution in [0, 0.1) is 5.92 Å². The second-order valence-electron chi connectivity index (χ2n) is 6.14. The molecular weight excluding hydrogens is 310 g/mol. The molecule has 1 saturated heterocycles. The summed E-state index contributed by atoms with van der Waals surface area (Å²) in [4.78, 5) is 30.3. The largest absolute Gasteiger partial charge is 0.382 e. The van der Waals surface area contributed by atoms with Crippen molar-refractivity contribution in [3.8, 4) is 0 Å². The molecule has 1 unspecified atom stereocenters. The Hall–Kier alpha value is -1.99. The number of amides is 2. The minimum Gasteiger partial charge on any atom is -0.382 e. The summed E-state index contributed by atoms with van der Waals surface area (Å²) in [5.74, 6) is -2.03. The number of likely N-dealkylation sites (tertiary alicyclic amines) is 1. The Balaban J connectivity index is 2.19. The predicted octanol–water partition coefficient (Wildman–Crippen LogP) is 1.42. The molecule has 0 aliphatic carbocycles. The molecule has 1 aliphatic heterocycles. The van der Waals surface area contributed by atoms with Crippen LogP contribution in [-0.2, 0) is 9.59 Å². The number of nitrogens with zero attached hydrogens (tertiary/aromatic N) is 2. The SMILES string of the molecule is CCCC[C@@H](C(=O)N1CCCC1c1ccncc1)[C@H](O)C(=O)NO. The molecule has 0 spiro atoms. The first-order valence-corrected chi connectivity index (χ1v) is 8.42. The molecule has 132 valence electrons. The summed E-state index contributed by atoms with van der Waals surface area (Å²) in [5, 5.41) is 18.9. The Bertz CT molecular complexity index is 552. The maximum absolute atomic E-state index is 13.0. The average Bonchev–Trinajstić information content (AvgIpc) is 3.11. The van der Waals surface area contributed by atoms with Crippen LogP contribution in [0.25, 0.3) is 0 Å². The van der Waals surface area contributed by atoms with Crippen molar-refractivity contribution < 1.29 is 19.9 Å². The topological polar surface area (TPSA) is 103 Å².